The van der Waals surface area contributed by atoms with Gasteiger partial charge in [-0.2, -0.15) is 0 Å². The molecule has 1 aromatic rings. The average molecular weight is 239 g/mol. The van der Waals surface area contributed by atoms with E-state index in [1.807, 2.05) is 6.07 Å². The van der Waals surface area contributed by atoms with E-state index in [1.165, 1.54) is 0 Å². The molecule has 0 radical (unpaired) electrons. The van der Waals surface area contributed by atoms with Gasteiger partial charge in [0.1, 0.15) is 12.9 Å². The highest BCUT2D eigenvalue weighted by Crippen LogP contribution is 2.51. The molecule has 0 aliphatic carbocycles. The number of hydrogen-bond donors (Lipinski definition) is 1. The van der Waals surface area contributed by atoms with Crippen LogP contribution in [-0.2, 0) is 4.57 Å². The zero-order chi connectivity index (χ0) is 11.6. The van der Waals surface area contributed by atoms with Crippen LogP contribution in [0.3, 0.4) is 0 Å². The van der Waals surface area contributed by atoms with Crippen molar-refractivity contribution in [3.05, 3.63) is 24.3 Å². The van der Waals surface area contributed by atoms with Gasteiger partial charge in [0.25, 0.3) is 0 Å². The van der Waals surface area contributed by atoms with Gasteiger partial charge in [0.05, 0.1) is 0 Å². The molecule has 4 nitrogen and oxygen atoms in total. The monoisotopic (exact) mass is 239 g/mol. The Labute approximate surface area is 94.2 Å². The highest BCUT2D eigenvalue weighted by Gasteiger charge is 2.29. The molecule has 0 spiro atoms. The average Bonchev–Trinajstić information content (AvgIpc) is 2.66. The van der Waals surface area contributed by atoms with E-state index in [0.29, 0.717) is 5.75 Å². The van der Waals surface area contributed by atoms with E-state index in [1.54, 1.807) is 18.2 Å². The summed E-state index contributed by atoms with van der Waals surface area (Å²) < 4.78 is 17.3. The smallest absolute Gasteiger partial charge is 0.409 e. The van der Waals surface area contributed by atoms with Crippen LogP contribution in [0.15, 0.2) is 24.3 Å². The van der Waals surface area contributed by atoms with Crippen molar-refractivity contribution in [3.63, 3.8) is 0 Å². The number of carbonyl (C=O) groups is 1. The second kappa shape index (κ2) is 4.30. The quantitative estimate of drug-likeness (QED) is 0.801. The summed E-state index contributed by atoms with van der Waals surface area (Å²) in [5.74, 6) is 0.368. The molecule has 1 heterocycles. The maximum absolute atomic E-state index is 12.5. The zero-order valence-electron chi connectivity index (χ0n) is 8.89. The van der Waals surface area contributed by atoms with Crippen molar-refractivity contribution in [2.24, 2.45) is 5.73 Å². The van der Waals surface area contributed by atoms with E-state index in [9.17, 15) is 9.36 Å². The molecular formula is C11H14NO3P. The maximum Gasteiger partial charge on any atom is 0.409 e. The summed E-state index contributed by atoms with van der Waals surface area (Å²) in [5.41, 5.74) is 4.93. The van der Waals surface area contributed by atoms with Crippen LogP contribution in [-0.4, -0.2) is 18.4 Å². The van der Waals surface area contributed by atoms with Gasteiger partial charge in [0.2, 0.25) is 0 Å². The second-order valence-electron chi connectivity index (χ2n) is 3.96. The van der Waals surface area contributed by atoms with Crippen LogP contribution in [0.25, 0.3) is 0 Å². The lowest BCUT2D eigenvalue weighted by molar-refractivity contribution is 0.211. The molecule has 1 fully saturated rings. The Morgan fingerprint density at radius 1 is 1.31 bits per heavy atom. The Kier molecular flexibility index (Phi) is 3.01. The van der Waals surface area contributed by atoms with E-state index in [4.69, 9.17) is 10.5 Å². The van der Waals surface area contributed by atoms with Crippen molar-refractivity contribution in [1.29, 1.82) is 0 Å². The van der Waals surface area contributed by atoms with Gasteiger partial charge in [-0.25, -0.2) is 4.79 Å². The highest BCUT2D eigenvalue weighted by molar-refractivity contribution is 7.71. The summed E-state index contributed by atoms with van der Waals surface area (Å²) in [4.78, 5) is 10.6. The molecule has 1 amide bonds. The van der Waals surface area contributed by atoms with E-state index < -0.39 is 13.2 Å². The van der Waals surface area contributed by atoms with Crippen LogP contribution >= 0.6 is 7.14 Å². The van der Waals surface area contributed by atoms with Crippen LogP contribution in [0.2, 0.25) is 0 Å². The Hall–Kier alpha value is -1.28. The van der Waals surface area contributed by atoms with Gasteiger partial charge < -0.3 is 15.0 Å². The van der Waals surface area contributed by atoms with Gasteiger partial charge in [-0.15, -0.1) is 0 Å². The molecule has 5 heteroatoms. The Morgan fingerprint density at radius 3 is 2.62 bits per heavy atom. The summed E-state index contributed by atoms with van der Waals surface area (Å²) in [7, 11) is -2.22. The number of amides is 1. The predicted molar refractivity (Wildman–Crippen MR) is 62.9 cm³/mol. The van der Waals surface area contributed by atoms with Crippen LogP contribution in [0.4, 0.5) is 4.79 Å². The van der Waals surface area contributed by atoms with Gasteiger partial charge in [-0.1, -0.05) is 12.1 Å². The fourth-order valence-corrected chi connectivity index (χ4v) is 4.95. The third-order valence-electron chi connectivity index (χ3n) is 2.80. The number of hydrogen-bond acceptors (Lipinski definition) is 3. The molecule has 0 saturated carbocycles. The van der Waals surface area contributed by atoms with Crippen molar-refractivity contribution < 1.29 is 14.1 Å². The fourth-order valence-electron chi connectivity index (χ4n) is 2.02. The minimum absolute atomic E-state index is 0.368. The molecule has 1 aliphatic rings. The summed E-state index contributed by atoms with van der Waals surface area (Å²) >= 11 is 0. The van der Waals surface area contributed by atoms with Crippen LogP contribution < -0.4 is 15.8 Å². The normalized spacial score (nSPS) is 18.2. The van der Waals surface area contributed by atoms with E-state index in [2.05, 4.69) is 0 Å². The van der Waals surface area contributed by atoms with Gasteiger partial charge in [-0.3, -0.25) is 0 Å². The summed E-state index contributed by atoms with van der Waals surface area (Å²) in [6.45, 7) is 0. The minimum Gasteiger partial charge on any atom is -0.410 e. The van der Waals surface area contributed by atoms with Crippen molar-refractivity contribution >= 4 is 18.5 Å². The lowest BCUT2D eigenvalue weighted by Crippen LogP contribution is -2.17. The summed E-state index contributed by atoms with van der Waals surface area (Å²) in [5, 5.41) is 0.795. The zero-order valence-corrected chi connectivity index (χ0v) is 9.78. The Morgan fingerprint density at radius 2 is 2.00 bits per heavy atom. The third kappa shape index (κ3) is 2.27. The first-order valence-electron chi connectivity index (χ1n) is 5.26. The van der Waals surface area contributed by atoms with E-state index in [-0.39, 0.29) is 0 Å². The predicted octanol–water partition coefficient (Wildman–Crippen LogP) is 1.93. The first kappa shape index (κ1) is 11.2. The van der Waals surface area contributed by atoms with Gasteiger partial charge >= 0.3 is 6.09 Å². The minimum atomic E-state index is -2.22. The number of primary amides is 1. The van der Waals surface area contributed by atoms with Gasteiger partial charge in [-0.05, 0) is 25.0 Å². The van der Waals surface area contributed by atoms with Crippen molar-refractivity contribution in [2.75, 3.05) is 12.3 Å². The largest absolute Gasteiger partial charge is 0.410 e. The number of ether oxygens (including phenoxy) is 1. The summed E-state index contributed by atoms with van der Waals surface area (Å²) in [6, 6.07) is 6.87. The lowest BCUT2D eigenvalue weighted by atomic mass is 10.3. The molecular weight excluding hydrogens is 225 g/mol. The van der Waals surface area contributed by atoms with Crippen molar-refractivity contribution in [3.8, 4) is 5.75 Å². The van der Waals surface area contributed by atoms with Crippen molar-refractivity contribution in [2.45, 2.75) is 12.8 Å². The van der Waals surface area contributed by atoms with Crippen molar-refractivity contribution in [1.82, 2.24) is 0 Å². The molecule has 1 aromatic carbocycles. The maximum atomic E-state index is 12.5. The van der Waals surface area contributed by atoms with E-state index in [0.717, 1.165) is 30.5 Å². The van der Waals surface area contributed by atoms with Gasteiger partial charge in [0.15, 0.2) is 0 Å². The third-order valence-corrected chi connectivity index (χ3v) is 6.09. The number of nitrogens with two attached hydrogens (primary N) is 1. The van der Waals surface area contributed by atoms with E-state index >= 15 is 0 Å². The van der Waals surface area contributed by atoms with Crippen LogP contribution in [0, 0.1) is 0 Å². The topological polar surface area (TPSA) is 69.4 Å². The molecule has 0 atom stereocenters. The molecule has 0 aromatic heterocycles. The molecule has 0 bridgehead atoms. The molecule has 86 valence electrons. The first-order chi connectivity index (χ1) is 7.60. The fraction of sp³-hybridized carbons (Fsp3) is 0.364. The molecule has 16 heavy (non-hydrogen) atoms. The Balaban J connectivity index is 2.28. The summed E-state index contributed by atoms with van der Waals surface area (Å²) in [6.07, 6.45) is 2.69. The number of benzene rings is 1. The highest BCUT2D eigenvalue weighted by atomic mass is 31.2. The number of rotatable bonds is 2. The molecule has 2 rings (SSSR count). The second-order valence-corrected chi connectivity index (χ2v) is 7.15. The first-order valence-corrected chi connectivity index (χ1v) is 7.34. The molecule has 1 saturated heterocycles. The number of carbonyl (C=O) groups excluding carboxylic acids is 1. The standard InChI is InChI=1S/C11H14NO3P/c12-11(13)15-9-4-3-5-10(8-9)16(14)6-1-2-7-16/h3-5,8H,1-2,6-7H2,(H2,12,13). The van der Waals surface area contributed by atoms with Gasteiger partial charge in [0, 0.05) is 17.6 Å². The van der Waals surface area contributed by atoms with Crippen LogP contribution in [0.1, 0.15) is 12.8 Å². The SMILES string of the molecule is NC(=O)Oc1cccc(P2(=O)CCCC2)c1. The lowest BCUT2D eigenvalue weighted by Gasteiger charge is -2.12. The van der Waals surface area contributed by atoms with Crippen LogP contribution in [0.5, 0.6) is 5.75 Å². The molecule has 1 aliphatic heterocycles. The molecule has 2 N–H and O–H groups in total. The Bertz CT molecular complexity index is 448. The molecule has 0 unspecified atom stereocenters.